The van der Waals surface area contributed by atoms with Crippen LogP contribution in [0.2, 0.25) is 0 Å². The van der Waals surface area contributed by atoms with Gasteiger partial charge < -0.3 is 10.2 Å². The molecular formula is C22H32O5P+. The van der Waals surface area contributed by atoms with Gasteiger partial charge in [-0.1, -0.05) is 51.1 Å². The molecule has 4 aliphatic carbocycles. The van der Waals surface area contributed by atoms with Gasteiger partial charge in [-0.25, -0.2) is 0 Å². The van der Waals surface area contributed by atoms with E-state index in [1.165, 1.54) is 19.3 Å². The molecule has 6 heteroatoms. The third-order valence-corrected chi connectivity index (χ3v) is 7.52. The Balaban J connectivity index is 0.000000178. The number of benzene rings is 1. The van der Waals surface area contributed by atoms with E-state index < -0.39 is 19.8 Å². The number of hydrogen-bond donors (Lipinski definition) is 3. The van der Waals surface area contributed by atoms with E-state index in [-0.39, 0.29) is 5.41 Å². The molecule has 0 radical (unpaired) electrons. The minimum absolute atomic E-state index is 0.110. The van der Waals surface area contributed by atoms with Gasteiger partial charge in [-0.05, 0) is 64.7 Å². The number of carboxylic acids is 1. The van der Waals surface area contributed by atoms with Crippen LogP contribution in [0.5, 0.6) is 0 Å². The average Bonchev–Trinajstić information content (AvgIpc) is 2.49. The van der Waals surface area contributed by atoms with E-state index in [0.29, 0.717) is 28.2 Å². The zero-order valence-electron chi connectivity index (χ0n) is 17.0. The molecule has 1 aromatic carbocycles. The molecular weight excluding hydrogens is 375 g/mol. The van der Waals surface area contributed by atoms with Gasteiger partial charge in [0, 0.05) is 5.56 Å². The molecule has 4 fully saturated rings. The number of aliphatic hydroxyl groups is 1. The normalized spacial score (nSPS) is 39.7. The second kappa shape index (κ2) is 7.19. The first-order chi connectivity index (χ1) is 12.9. The highest BCUT2D eigenvalue weighted by molar-refractivity contribution is 7.38. The van der Waals surface area contributed by atoms with Crippen molar-refractivity contribution in [1.82, 2.24) is 0 Å². The molecule has 0 aliphatic heterocycles. The van der Waals surface area contributed by atoms with Crippen LogP contribution >= 0.6 is 8.03 Å². The predicted molar refractivity (Wildman–Crippen MR) is 108 cm³/mol. The van der Waals surface area contributed by atoms with Gasteiger partial charge >= 0.3 is 19.8 Å². The topological polar surface area (TPSA) is 94.8 Å². The molecule has 154 valence electrons. The van der Waals surface area contributed by atoms with Crippen molar-refractivity contribution in [2.75, 3.05) is 0 Å². The molecule has 28 heavy (non-hydrogen) atoms. The number of rotatable bonds is 4. The van der Waals surface area contributed by atoms with E-state index in [0.717, 1.165) is 19.3 Å². The highest BCUT2D eigenvalue weighted by atomic mass is 31.1. The summed E-state index contributed by atoms with van der Waals surface area (Å²) >= 11 is 0. The number of hydrogen-bond acceptors (Lipinski definition) is 3. The van der Waals surface area contributed by atoms with Gasteiger partial charge in [0.2, 0.25) is 0 Å². The third-order valence-electron chi connectivity index (χ3n) is 6.80. The molecule has 0 saturated heterocycles. The van der Waals surface area contributed by atoms with Gasteiger partial charge in [-0.3, -0.25) is 4.79 Å². The summed E-state index contributed by atoms with van der Waals surface area (Å²) in [4.78, 5) is 19.7. The maximum atomic E-state index is 11.2. The van der Waals surface area contributed by atoms with Crippen molar-refractivity contribution in [2.45, 2.75) is 71.6 Å². The maximum Gasteiger partial charge on any atom is 0.542 e. The van der Waals surface area contributed by atoms with Crippen LogP contribution in [-0.2, 0) is 9.36 Å². The Morgan fingerprint density at radius 2 is 1.39 bits per heavy atom. The molecule has 0 aromatic heterocycles. The molecule has 1 aromatic rings. The lowest BCUT2D eigenvalue weighted by Gasteiger charge is -2.69. The molecule has 2 atom stereocenters. The Kier molecular flexibility index (Phi) is 5.50. The lowest BCUT2D eigenvalue weighted by atomic mass is 9.36. The van der Waals surface area contributed by atoms with E-state index >= 15 is 0 Å². The van der Waals surface area contributed by atoms with Crippen LogP contribution in [0.4, 0.5) is 0 Å². The molecule has 4 bridgehead atoms. The zero-order valence-corrected chi connectivity index (χ0v) is 17.9. The quantitative estimate of drug-likeness (QED) is 0.592. The van der Waals surface area contributed by atoms with Crippen molar-refractivity contribution >= 4 is 14.0 Å². The fraction of sp³-hybridized carbons (Fsp3) is 0.682. The molecule has 5 nitrogen and oxygen atoms in total. The summed E-state index contributed by atoms with van der Waals surface area (Å²) in [5, 5.41) is 18.3. The maximum absolute atomic E-state index is 11.2. The smallest absolute Gasteiger partial charge is 0.481 e. The lowest BCUT2D eigenvalue weighted by Crippen LogP contribution is -2.59. The fourth-order valence-corrected chi connectivity index (χ4v) is 8.25. The Bertz CT molecular complexity index is 708. The van der Waals surface area contributed by atoms with Crippen molar-refractivity contribution in [2.24, 2.45) is 21.7 Å². The Labute approximate surface area is 168 Å². The van der Waals surface area contributed by atoms with Crippen LogP contribution in [0.1, 0.15) is 77.1 Å². The van der Waals surface area contributed by atoms with Crippen LogP contribution in [-0.4, -0.2) is 21.1 Å². The van der Waals surface area contributed by atoms with E-state index in [2.05, 4.69) is 20.8 Å². The van der Waals surface area contributed by atoms with Gasteiger partial charge in [0.25, 0.3) is 0 Å². The molecule has 2 unspecified atom stereocenters. The van der Waals surface area contributed by atoms with E-state index in [1.54, 1.807) is 30.3 Å². The summed E-state index contributed by atoms with van der Waals surface area (Å²) in [7, 11) is -2.53. The highest BCUT2D eigenvalue weighted by Crippen LogP contribution is 2.74. The predicted octanol–water partition coefficient (Wildman–Crippen LogP) is 5.26. The molecule has 5 rings (SSSR count). The van der Waals surface area contributed by atoms with Gasteiger partial charge in [0.05, 0.1) is 6.42 Å². The average molecular weight is 407 g/mol. The van der Waals surface area contributed by atoms with Crippen LogP contribution < -0.4 is 0 Å². The number of aliphatic hydroxyl groups excluding tert-OH is 1. The van der Waals surface area contributed by atoms with Crippen LogP contribution in [0.15, 0.2) is 30.3 Å². The zero-order chi connectivity index (χ0) is 20.8. The lowest BCUT2D eigenvalue weighted by molar-refractivity contribution is -0.190. The first kappa shape index (κ1) is 21.4. The van der Waals surface area contributed by atoms with Crippen molar-refractivity contribution in [3.63, 3.8) is 0 Å². The summed E-state index contributed by atoms with van der Waals surface area (Å²) in [6, 6.07) is 8.40. The molecule has 4 saturated carbocycles. The molecule has 0 heterocycles. The molecule has 3 N–H and O–H groups in total. The standard InChI is InChI=1S/C15H24O2.C7H7O3P/c1-12-5-13(2)7-14(3,6-12)10-15(8-12,9-13)4-11(16)17;8-7(11(9)10)6-4-2-1-3-5-6/h4-10H2,1-3H3,(H,16,17);1-5,7-8H/p+1. The third kappa shape index (κ3) is 4.48. The van der Waals surface area contributed by atoms with Gasteiger partial charge in [-0.15, -0.1) is 0 Å². The number of carbonyl (C=O) groups is 1. The molecule has 4 aliphatic rings. The monoisotopic (exact) mass is 407 g/mol. The second-order valence-electron chi connectivity index (χ2n) is 10.7. The largest absolute Gasteiger partial charge is 0.542 e. The highest BCUT2D eigenvalue weighted by Gasteiger charge is 2.64. The van der Waals surface area contributed by atoms with E-state index in [1.807, 2.05) is 0 Å². The van der Waals surface area contributed by atoms with Crippen LogP contribution in [0.3, 0.4) is 0 Å². The van der Waals surface area contributed by atoms with Crippen LogP contribution in [0.25, 0.3) is 0 Å². The van der Waals surface area contributed by atoms with Gasteiger partial charge in [0.1, 0.15) is 0 Å². The molecule has 0 amide bonds. The number of carboxylic acid groups (broad SMARTS) is 1. The first-order valence-electron chi connectivity index (χ1n) is 9.98. The Morgan fingerprint density at radius 3 is 1.75 bits per heavy atom. The summed E-state index contributed by atoms with van der Waals surface area (Å²) in [6.45, 7) is 7.20. The fourth-order valence-electron chi connectivity index (χ4n) is 7.82. The van der Waals surface area contributed by atoms with Crippen molar-refractivity contribution < 1.29 is 24.5 Å². The Hall–Kier alpha value is -1.29. The summed E-state index contributed by atoms with van der Waals surface area (Å²) < 4.78 is 10.4. The Morgan fingerprint density at radius 1 is 0.964 bits per heavy atom. The second-order valence-corrected chi connectivity index (χ2v) is 11.7. The number of aliphatic carboxylic acids is 1. The minimum Gasteiger partial charge on any atom is -0.481 e. The first-order valence-corrected chi connectivity index (χ1v) is 11.3. The summed E-state index contributed by atoms with van der Waals surface area (Å²) in [5.41, 5.74) is 1.81. The van der Waals surface area contributed by atoms with Gasteiger partial charge in [0.15, 0.2) is 0 Å². The van der Waals surface area contributed by atoms with E-state index in [9.17, 15) is 14.5 Å². The van der Waals surface area contributed by atoms with Crippen LogP contribution in [0, 0.1) is 21.7 Å². The minimum atomic E-state index is -2.53. The molecule has 0 spiro atoms. The summed E-state index contributed by atoms with van der Waals surface area (Å²) in [5.74, 6) is -1.85. The summed E-state index contributed by atoms with van der Waals surface area (Å²) in [6.07, 6.45) is 7.80. The van der Waals surface area contributed by atoms with Crippen molar-refractivity contribution in [3.8, 4) is 0 Å². The van der Waals surface area contributed by atoms with E-state index in [4.69, 9.17) is 10.00 Å². The van der Waals surface area contributed by atoms with Crippen molar-refractivity contribution in [1.29, 1.82) is 0 Å². The van der Waals surface area contributed by atoms with Crippen molar-refractivity contribution in [3.05, 3.63) is 35.9 Å². The SMILES string of the molecule is CC12CC3(C)CC(C)(C1)CC(CC(=O)O)(C2)C3.O=[P+](O)C(O)c1ccccc1. The van der Waals surface area contributed by atoms with Gasteiger partial charge in [-0.2, -0.15) is 4.89 Å².